The van der Waals surface area contributed by atoms with E-state index in [0.717, 1.165) is 12.1 Å². The number of para-hydroxylation sites is 1. The molecule has 0 fully saturated rings. The van der Waals surface area contributed by atoms with E-state index in [1.54, 1.807) is 5.51 Å². The van der Waals surface area contributed by atoms with Gasteiger partial charge in [-0.2, -0.15) is 0 Å². The average molecular weight is 274 g/mol. The predicted molar refractivity (Wildman–Crippen MR) is 75.5 cm³/mol. The molecule has 0 spiro atoms. The van der Waals surface area contributed by atoms with Gasteiger partial charge < -0.3 is 4.90 Å². The SMILES string of the molecule is CC1Cc2ccccc2N1CC(=O)Nc1nncs1. The second-order valence-electron chi connectivity index (χ2n) is 4.60. The number of fused-ring (bicyclic) bond motifs is 1. The van der Waals surface area contributed by atoms with E-state index in [0.29, 0.717) is 17.7 Å². The molecule has 0 saturated heterocycles. The number of carbonyl (C=O) groups excluding carboxylic acids is 1. The molecule has 3 rings (SSSR count). The number of anilines is 2. The van der Waals surface area contributed by atoms with E-state index in [1.807, 2.05) is 12.1 Å². The van der Waals surface area contributed by atoms with Crippen LogP contribution < -0.4 is 10.2 Å². The van der Waals surface area contributed by atoms with E-state index in [2.05, 4.69) is 39.5 Å². The van der Waals surface area contributed by atoms with Crippen LogP contribution in [0.2, 0.25) is 0 Å². The van der Waals surface area contributed by atoms with Gasteiger partial charge in [0.25, 0.3) is 0 Å². The van der Waals surface area contributed by atoms with Gasteiger partial charge in [-0.25, -0.2) is 0 Å². The summed E-state index contributed by atoms with van der Waals surface area (Å²) in [5.41, 5.74) is 4.06. The van der Waals surface area contributed by atoms with Gasteiger partial charge in [0.15, 0.2) is 0 Å². The third-order valence-corrected chi connectivity index (χ3v) is 3.88. The molecule has 5 nitrogen and oxygen atoms in total. The maximum atomic E-state index is 12.0. The molecule has 98 valence electrons. The molecular formula is C13H14N4OS. The summed E-state index contributed by atoms with van der Waals surface area (Å²) in [7, 11) is 0. The van der Waals surface area contributed by atoms with Crippen LogP contribution in [0.4, 0.5) is 10.8 Å². The highest BCUT2D eigenvalue weighted by Crippen LogP contribution is 2.31. The molecule has 0 saturated carbocycles. The molecule has 0 aliphatic carbocycles. The van der Waals surface area contributed by atoms with Crippen molar-refractivity contribution in [3.8, 4) is 0 Å². The number of nitrogens with zero attached hydrogens (tertiary/aromatic N) is 3. The molecular weight excluding hydrogens is 260 g/mol. The summed E-state index contributed by atoms with van der Waals surface area (Å²) in [4.78, 5) is 14.1. The smallest absolute Gasteiger partial charge is 0.245 e. The van der Waals surface area contributed by atoms with Crippen LogP contribution in [0.25, 0.3) is 0 Å². The Morgan fingerprint density at radius 3 is 3.16 bits per heavy atom. The maximum Gasteiger partial charge on any atom is 0.245 e. The fourth-order valence-corrected chi connectivity index (χ4v) is 2.87. The van der Waals surface area contributed by atoms with Crippen LogP contribution in [0.1, 0.15) is 12.5 Å². The van der Waals surface area contributed by atoms with Gasteiger partial charge in [0, 0.05) is 11.7 Å². The molecule has 1 atom stereocenters. The number of carbonyl (C=O) groups is 1. The Morgan fingerprint density at radius 2 is 2.37 bits per heavy atom. The van der Waals surface area contributed by atoms with Crippen LogP contribution in [-0.4, -0.2) is 28.7 Å². The number of hydrogen-bond donors (Lipinski definition) is 1. The molecule has 2 heterocycles. The zero-order valence-corrected chi connectivity index (χ0v) is 11.4. The van der Waals surface area contributed by atoms with Gasteiger partial charge in [-0.15, -0.1) is 10.2 Å². The van der Waals surface area contributed by atoms with Crippen molar-refractivity contribution in [3.05, 3.63) is 35.3 Å². The monoisotopic (exact) mass is 274 g/mol. The molecule has 0 bridgehead atoms. The number of aromatic nitrogens is 2. The van der Waals surface area contributed by atoms with Crippen molar-refractivity contribution >= 4 is 28.1 Å². The average Bonchev–Trinajstić information content (AvgIpc) is 2.99. The molecule has 1 aromatic heterocycles. The first kappa shape index (κ1) is 12.1. The first-order valence-electron chi connectivity index (χ1n) is 6.14. The summed E-state index contributed by atoms with van der Waals surface area (Å²) >= 11 is 1.32. The molecule has 6 heteroatoms. The standard InChI is InChI=1S/C13H14N4OS/c1-9-6-10-4-2-3-5-11(10)17(9)7-12(18)15-13-16-14-8-19-13/h2-5,8-9H,6-7H2,1H3,(H,15,16,18). The van der Waals surface area contributed by atoms with Crippen molar-refractivity contribution in [2.24, 2.45) is 0 Å². The number of nitrogens with one attached hydrogen (secondary N) is 1. The lowest BCUT2D eigenvalue weighted by Crippen LogP contribution is -2.37. The van der Waals surface area contributed by atoms with Crippen molar-refractivity contribution in [2.45, 2.75) is 19.4 Å². The number of amides is 1. The summed E-state index contributed by atoms with van der Waals surface area (Å²) in [6.45, 7) is 2.48. The molecule has 1 aliphatic heterocycles. The van der Waals surface area contributed by atoms with Crippen LogP contribution in [0.3, 0.4) is 0 Å². The van der Waals surface area contributed by atoms with Crippen LogP contribution in [0.15, 0.2) is 29.8 Å². The Labute approximate surface area is 115 Å². The third kappa shape index (κ3) is 2.44. The fourth-order valence-electron chi connectivity index (χ4n) is 2.41. The van der Waals surface area contributed by atoms with Gasteiger partial charge in [0.05, 0.1) is 6.54 Å². The van der Waals surface area contributed by atoms with Gasteiger partial charge in [-0.1, -0.05) is 29.5 Å². The largest absolute Gasteiger partial charge is 0.359 e. The Kier molecular flexibility index (Phi) is 3.16. The second kappa shape index (κ2) is 4.97. The lowest BCUT2D eigenvalue weighted by Gasteiger charge is -2.23. The van der Waals surface area contributed by atoms with Gasteiger partial charge in [0.1, 0.15) is 5.51 Å². The number of benzene rings is 1. The first-order valence-corrected chi connectivity index (χ1v) is 7.02. The third-order valence-electron chi connectivity index (χ3n) is 3.27. The van der Waals surface area contributed by atoms with Crippen LogP contribution in [0.5, 0.6) is 0 Å². The minimum Gasteiger partial charge on any atom is -0.359 e. The van der Waals surface area contributed by atoms with Gasteiger partial charge in [0.2, 0.25) is 11.0 Å². The molecule has 1 N–H and O–H groups in total. The highest BCUT2D eigenvalue weighted by Gasteiger charge is 2.27. The molecule has 1 unspecified atom stereocenters. The van der Waals surface area contributed by atoms with Gasteiger partial charge in [-0.3, -0.25) is 10.1 Å². The Bertz CT molecular complexity index is 584. The molecule has 1 aliphatic rings. The summed E-state index contributed by atoms with van der Waals surface area (Å²) in [6, 6.07) is 8.58. The van der Waals surface area contributed by atoms with Crippen molar-refractivity contribution in [1.29, 1.82) is 0 Å². The van der Waals surface area contributed by atoms with E-state index in [-0.39, 0.29) is 5.91 Å². The Balaban J connectivity index is 1.71. The lowest BCUT2D eigenvalue weighted by atomic mass is 10.1. The van der Waals surface area contributed by atoms with E-state index in [9.17, 15) is 4.79 Å². The fraction of sp³-hybridized carbons (Fsp3) is 0.308. The van der Waals surface area contributed by atoms with Crippen molar-refractivity contribution in [1.82, 2.24) is 10.2 Å². The highest BCUT2D eigenvalue weighted by atomic mass is 32.1. The lowest BCUT2D eigenvalue weighted by molar-refractivity contribution is -0.115. The normalized spacial score (nSPS) is 17.3. The van der Waals surface area contributed by atoms with Gasteiger partial charge in [-0.05, 0) is 25.0 Å². The van der Waals surface area contributed by atoms with Crippen LogP contribution in [-0.2, 0) is 11.2 Å². The zero-order chi connectivity index (χ0) is 13.2. The van der Waals surface area contributed by atoms with Crippen molar-refractivity contribution in [3.63, 3.8) is 0 Å². The minimum absolute atomic E-state index is 0.0553. The van der Waals surface area contributed by atoms with Crippen LogP contribution >= 0.6 is 11.3 Å². The Hall–Kier alpha value is -1.95. The second-order valence-corrected chi connectivity index (χ2v) is 5.44. The highest BCUT2D eigenvalue weighted by molar-refractivity contribution is 7.13. The van der Waals surface area contributed by atoms with E-state index in [1.165, 1.54) is 16.9 Å². The van der Waals surface area contributed by atoms with E-state index < -0.39 is 0 Å². The Morgan fingerprint density at radius 1 is 1.53 bits per heavy atom. The summed E-state index contributed by atoms with van der Waals surface area (Å²) in [5, 5.41) is 10.8. The topological polar surface area (TPSA) is 58.1 Å². The molecule has 1 aromatic carbocycles. The first-order chi connectivity index (χ1) is 9.24. The molecule has 2 aromatic rings. The summed E-state index contributed by atoms with van der Waals surface area (Å²) in [5.74, 6) is -0.0553. The summed E-state index contributed by atoms with van der Waals surface area (Å²) in [6.07, 6.45) is 0.988. The molecule has 19 heavy (non-hydrogen) atoms. The predicted octanol–water partition coefficient (Wildman–Crippen LogP) is 1.93. The zero-order valence-electron chi connectivity index (χ0n) is 10.5. The van der Waals surface area contributed by atoms with Crippen molar-refractivity contribution < 1.29 is 4.79 Å². The maximum absolute atomic E-state index is 12.0. The van der Waals surface area contributed by atoms with E-state index in [4.69, 9.17) is 0 Å². The summed E-state index contributed by atoms with van der Waals surface area (Å²) < 4.78 is 0. The minimum atomic E-state index is -0.0553. The van der Waals surface area contributed by atoms with Crippen molar-refractivity contribution in [2.75, 3.05) is 16.8 Å². The van der Waals surface area contributed by atoms with E-state index >= 15 is 0 Å². The van der Waals surface area contributed by atoms with Gasteiger partial charge >= 0.3 is 0 Å². The quantitative estimate of drug-likeness (QED) is 0.929. The number of hydrogen-bond acceptors (Lipinski definition) is 5. The molecule has 0 radical (unpaired) electrons. The van der Waals surface area contributed by atoms with Crippen LogP contribution in [0, 0.1) is 0 Å². The molecule has 1 amide bonds. The number of rotatable bonds is 3.